The maximum absolute atomic E-state index is 13.9. The van der Waals surface area contributed by atoms with Gasteiger partial charge in [-0.15, -0.1) is 8.78 Å². The number of nitrogens with zero attached hydrogens (tertiary/aromatic N) is 4. The maximum atomic E-state index is 13.9. The summed E-state index contributed by atoms with van der Waals surface area (Å²) in [5, 5.41) is 13.7. The number of carbonyl (C=O) groups is 2. The molecule has 4 aromatic rings. The van der Waals surface area contributed by atoms with Crippen LogP contribution in [0, 0.1) is 11.3 Å². The van der Waals surface area contributed by atoms with Gasteiger partial charge in [-0.05, 0) is 75.4 Å². The summed E-state index contributed by atoms with van der Waals surface area (Å²) in [5.74, 6) is -1.27. The number of benzene rings is 3. The first-order chi connectivity index (χ1) is 21.7. The molecule has 0 atom stereocenters. The minimum Gasteiger partial charge on any atom is -0.487 e. The van der Waals surface area contributed by atoms with Crippen LogP contribution in [-0.4, -0.2) is 40.6 Å². The normalized spacial score (nSPS) is 13.3. The Bertz CT molecular complexity index is 1840. The van der Waals surface area contributed by atoms with Crippen LogP contribution in [0.1, 0.15) is 64.9 Å². The Morgan fingerprint density at radius 3 is 2.37 bits per heavy atom. The van der Waals surface area contributed by atoms with Gasteiger partial charge in [0.05, 0.1) is 16.9 Å². The molecule has 14 heteroatoms. The number of nitriles is 1. The number of esters is 1. The van der Waals surface area contributed by atoms with Crippen LogP contribution in [0.25, 0.3) is 5.69 Å². The first-order valence-corrected chi connectivity index (χ1v) is 13.7. The third-order valence-electron chi connectivity index (χ3n) is 6.61. The van der Waals surface area contributed by atoms with E-state index in [0.29, 0.717) is 0 Å². The van der Waals surface area contributed by atoms with Crippen molar-refractivity contribution in [2.75, 3.05) is 11.9 Å². The quantitative estimate of drug-likeness (QED) is 0.153. The zero-order valence-electron chi connectivity index (χ0n) is 24.9. The molecular formula is C32H26F4N4O6. The third kappa shape index (κ3) is 6.73. The molecule has 0 radical (unpaired) electrons. The number of carbonyl (C=O) groups excluding carboxylic acids is 2. The van der Waals surface area contributed by atoms with Gasteiger partial charge in [0.25, 0.3) is 12.3 Å². The molecule has 2 heterocycles. The van der Waals surface area contributed by atoms with E-state index in [0.717, 1.165) is 4.68 Å². The van der Waals surface area contributed by atoms with Crippen molar-refractivity contribution in [1.82, 2.24) is 9.78 Å². The Hall–Kier alpha value is -5.58. The van der Waals surface area contributed by atoms with Crippen LogP contribution in [0.15, 0.2) is 66.7 Å². The van der Waals surface area contributed by atoms with E-state index in [1.54, 1.807) is 26.8 Å². The average Bonchev–Trinajstić information content (AvgIpc) is 3.53. The first kappa shape index (κ1) is 31.8. The van der Waals surface area contributed by atoms with Crippen molar-refractivity contribution in [1.29, 1.82) is 5.26 Å². The van der Waals surface area contributed by atoms with Crippen LogP contribution in [0.3, 0.4) is 0 Å². The molecule has 0 bridgehead atoms. The van der Waals surface area contributed by atoms with Gasteiger partial charge in [0.1, 0.15) is 35.3 Å². The number of hydrogen-bond acceptors (Lipinski definition) is 8. The number of hydrogen-bond donors (Lipinski definition) is 0. The molecule has 1 aliphatic heterocycles. The van der Waals surface area contributed by atoms with E-state index < -0.39 is 41.5 Å². The van der Waals surface area contributed by atoms with Gasteiger partial charge in [-0.1, -0.05) is 6.07 Å². The van der Waals surface area contributed by atoms with E-state index in [-0.39, 0.29) is 52.1 Å². The number of halogens is 4. The van der Waals surface area contributed by atoms with Crippen LogP contribution in [-0.2, 0) is 11.3 Å². The molecule has 0 aliphatic carbocycles. The summed E-state index contributed by atoms with van der Waals surface area (Å²) in [6.07, 6.45) is -6.91. The summed E-state index contributed by atoms with van der Waals surface area (Å²) in [6, 6.07) is 17.4. The molecule has 10 nitrogen and oxygen atoms in total. The Morgan fingerprint density at radius 2 is 1.72 bits per heavy atom. The van der Waals surface area contributed by atoms with Gasteiger partial charge in [-0.25, -0.2) is 18.3 Å². The van der Waals surface area contributed by atoms with Crippen molar-refractivity contribution in [3.63, 3.8) is 0 Å². The largest absolute Gasteiger partial charge is 0.586 e. The number of anilines is 1. The molecule has 1 amide bonds. The predicted octanol–water partition coefficient (Wildman–Crippen LogP) is 6.81. The van der Waals surface area contributed by atoms with Crippen LogP contribution >= 0.6 is 0 Å². The second-order valence-corrected chi connectivity index (χ2v) is 11.1. The van der Waals surface area contributed by atoms with E-state index in [4.69, 9.17) is 9.47 Å². The average molecular weight is 639 g/mol. The fraction of sp³-hybridized carbons (Fsp3) is 0.250. The van der Waals surface area contributed by atoms with E-state index in [9.17, 15) is 32.4 Å². The minimum atomic E-state index is -3.83. The molecule has 0 unspecified atom stereocenters. The van der Waals surface area contributed by atoms with Crippen LogP contribution in [0.4, 0.5) is 23.2 Å². The fourth-order valence-electron chi connectivity index (χ4n) is 4.50. The second kappa shape index (κ2) is 12.1. The van der Waals surface area contributed by atoms with Crippen molar-refractivity contribution >= 4 is 17.6 Å². The van der Waals surface area contributed by atoms with Gasteiger partial charge in [-0.2, -0.15) is 10.4 Å². The Balaban J connectivity index is 1.41. The van der Waals surface area contributed by atoms with Gasteiger partial charge in [0.2, 0.25) is 0 Å². The highest BCUT2D eigenvalue weighted by atomic mass is 19.3. The van der Waals surface area contributed by atoms with Crippen molar-refractivity contribution in [3.05, 3.63) is 94.8 Å². The van der Waals surface area contributed by atoms with Gasteiger partial charge >= 0.3 is 12.3 Å². The molecule has 0 N–H and O–H groups in total. The molecule has 238 valence electrons. The highest BCUT2D eigenvalue weighted by Gasteiger charge is 2.43. The van der Waals surface area contributed by atoms with Crippen molar-refractivity contribution in [3.8, 4) is 29.0 Å². The predicted molar refractivity (Wildman–Crippen MR) is 155 cm³/mol. The number of ether oxygens (including phenoxy) is 4. The lowest BCUT2D eigenvalue weighted by Gasteiger charge is -2.19. The summed E-state index contributed by atoms with van der Waals surface area (Å²) >= 11 is 0. The topological polar surface area (TPSA) is 116 Å². The fourth-order valence-corrected chi connectivity index (χ4v) is 4.50. The monoisotopic (exact) mass is 638 g/mol. The molecule has 0 fully saturated rings. The van der Waals surface area contributed by atoms with E-state index in [1.165, 1.54) is 78.7 Å². The van der Waals surface area contributed by atoms with Crippen molar-refractivity contribution in [2.24, 2.45) is 0 Å². The summed E-state index contributed by atoms with van der Waals surface area (Å²) < 4.78 is 75.9. The van der Waals surface area contributed by atoms with Crippen LogP contribution < -0.4 is 19.1 Å². The molecule has 0 spiro atoms. The summed E-state index contributed by atoms with van der Waals surface area (Å²) in [4.78, 5) is 26.9. The second-order valence-electron chi connectivity index (χ2n) is 11.1. The molecule has 1 aromatic heterocycles. The molecular weight excluding hydrogens is 612 g/mol. The van der Waals surface area contributed by atoms with E-state index >= 15 is 0 Å². The van der Waals surface area contributed by atoms with Crippen molar-refractivity contribution < 1.29 is 46.1 Å². The Kier molecular flexibility index (Phi) is 8.36. The molecule has 0 saturated carbocycles. The molecule has 5 rings (SSSR count). The van der Waals surface area contributed by atoms with E-state index in [1.807, 2.05) is 0 Å². The molecule has 46 heavy (non-hydrogen) atoms. The standard InChI is InChI=1S/C32H26F4N4O6/c1-31(2,3)46-30(42)18-8-11-22(12-9-18)43-17-24-23(16-37)27(28(33)34)38-40(24)21-7-5-6-19(14-21)29(41)39(4)20-10-13-25-26(15-20)45-32(35,36)44-25/h5-15,28H,17H2,1-4H3. The van der Waals surface area contributed by atoms with Gasteiger partial charge in [0.15, 0.2) is 11.5 Å². The zero-order chi connectivity index (χ0) is 33.4. The highest BCUT2D eigenvalue weighted by Crippen LogP contribution is 2.43. The molecule has 1 aliphatic rings. The lowest BCUT2D eigenvalue weighted by Crippen LogP contribution is -2.26. The number of alkyl halides is 4. The SMILES string of the molecule is CN(C(=O)c1cccc(-n2nc(C(F)F)c(C#N)c2COc2ccc(C(=O)OC(C)(C)C)cc2)c1)c1ccc2c(c1)OC(F)(F)O2. The van der Waals surface area contributed by atoms with Gasteiger partial charge in [-0.3, -0.25) is 4.79 Å². The maximum Gasteiger partial charge on any atom is 0.586 e. The third-order valence-corrected chi connectivity index (χ3v) is 6.61. The molecule has 0 saturated heterocycles. The first-order valence-electron chi connectivity index (χ1n) is 13.7. The zero-order valence-corrected chi connectivity index (χ0v) is 24.9. The smallest absolute Gasteiger partial charge is 0.487 e. The number of amides is 1. The van der Waals surface area contributed by atoms with Crippen LogP contribution in [0.5, 0.6) is 17.2 Å². The summed E-state index contributed by atoms with van der Waals surface area (Å²) in [6.45, 7) is 4.84. The summed E-state index contributed by atoms with van der Waals surface area (Å²) in [5.41, 5.74) is -1.11. The Morgan fingerprint density at radius 1 is 1.02 bits per heavy atom. The van der Waals surface area contributed by atoms with Gasteiger partial charge < -0.3 is 23.8 Å². The lowest BCUT2D eigenvalue weighted by atomic mass is 10.1. The highest BCUT2D eigenvalue weighted by molar-refractivity contribution is 6.06. The summed E-state index contributed by atoms with van der Waals surface area (Å²) in [7, 11) is 1.41. The Labute approximate surface area is 260 Å². The number of aromatic nitrogens is 2. The van der Waals surface area contributed by atoms with Crippen LogP contribution in [0.2, 0.25) is 0 Å². The van der Waals surface area contributed by atoms with Crippen molar-refractivity contribution in [2.45, 2.75) is 45.7 Å². The lowest BCUT2D eigenvalue weighted by molar-refractivity contribution is -0.286. The van der Waals surface area contributed by atoms with E-state index in [2.05, 4.69) is 14.6 Å². The minimum absolute atomic E-state index is 0.0105. The van der Waals surface area contributed by atoms with Gasteiger partial charge in [0, 0.05) is 24.4 Å². The number of fused-ring (bicyclic) bond motifs is 1. The molecule has 3 aromatic carbocycles. The number of rotatable bonds is 8.